The van der Waals surface area contributed by atoms with E-state index >= 15 is 0 Å². The van der Waals surface area contributed by atoms with Crippen LogP contribution in [0.15, 0.2) is 29.6 Å². The second-order valence-electron chi connectivity index (χ2n) is 8.55. The van der Waals surface area contributed by atoms with E-state index in [9.17, 15) is 31.5 Å². The number of anilines is 1. The van der Waals surface area contributed by atoms with Crippen LogP contribution in [0.2, 0.25) is 0 Å². The lowest BCUT2D eigenvalue weighted by Crippen LogP contribution is -2.42. The number of alkyl halides is 3. The van der Waals surface area contributed by atoms with Crippen LogP contribution in [0, 0.1) is 0 Å². The SMILES string of the molecule is CC(O)c1sc(-c2nc(NC3CCN(S(=O)(=O)c4cnn(C)c4)CC3)ncc2C(F)(F)F)cc1C(N)=O. The number of thiophene rings is 1. The van der Waals surface area contributed by atoms with Crippen molar-refractivity contribution >= 4 is 33.2 Å². The number of sulfonamides is 1. The smallest absolute Gasteiger partial charge is 0.388 e. The van der Waals surface area contributed by atoms with Gasteiger partial charge in [-0.2, -0.15) is 22.6 Å². The molecule has 1 unspecified atom stereocenters. The second-order valence-corrected chi connectivity index (χ2v) is 11.6. The Kier molecular flexibility index (Phi) is 7.29. The Hall–Kier alpha value is -3.08. The van der Waals surface area contributed by atoms with Gasteiger partial charge in [0.05, 0.1) is 28.4 Å². The lowest BCUT2D eigenvalue weighted by molar-refractivity contribution is -0.137. The molecule has 3 aromatic heterocycles. The number of piperidine rings is 1. The molecule has 200 valence electrons. The summed E-state index contributed by atoms with van der Waals surface area (Å²) >= 11 is 0.788. The number of nitrogens with one attached hydrogen (secondary N) is 1. The molecular weight excluding hydrogens is 535 g/mol. The molecule has 1 saturated heterocycles. The number of rotatable bonds is 7. The lowest BCUT2D eigenvalue weighted by atomic mass is 10.1. The monoisotopic (exact) mass is 559 g/mol. The summed E-state index contributed by atoms with van der Waals surface area (Å²) in [7, 11) is -2.09. The third kappa shape index (κ3) is 5.61. The van der Waals surface area contributed by atoms with Crippen LogP contribution < -0.4 is 11.1 Å². The van der Waals surface area contributed by atoms with Crippen molar-refractivity contribution in [1.29, 1.82) is 0 Å². The van der Waals surface area contributed by atoms with E-state index in [0.717, 1.165) is 11.3 Å². The second kappa shape index (κ2) is 10.00. The zero-order valence-electron chi connectivity index (χ0n) is 19.7. The first-order chi connectivity index (χ1) is 17.3. The first-order valence-corrected chi connectivity index (χ1v) is 13.3. The Morgan fingerprint density at radius 2 is 1.97 bits per heavy atom. The summed E-state index contributed by atoms with van der Waals surface area (Å²) in [5.41, 5.74) is 3.69. The van der Waals surface area contributed by atoms with Crippen LogP contribution in [0.3, 0.4) is 0 Å². The van der Waals surface area contributed by atoms with E-state index in [2.05, 4.69) is 20.4 Å². The topological polar surface area (TPSA) is 156 Å². The van der Waals surface area contributed by atoms with Crippen molar-refractivity contribution in [2.75, 3.05) is 18.4 Å². The maximum Gasteiger partial charge on any atom is 0.420 e. The summed E-state index contributed by atoms with van der Waals surface area (Å²) in [5, 5.41) is 16.8. The number of carbonyl (C=O) groups excluding carboxylic acids is 1. The number of amides is 1. The van der Waals surface area contributed by atoms with Gasteiger partial charge in [-0.1, -0.05) is 0 Å². The molecule has 4 N–H and O–H groups in total. The van der Waals surface area contributed by atoms with E-state index in [-0.39, 0.29) is 45.3 Å². The Balaban J connectivity index is 1.56. The predicted molar refractivity (Wildman–Crippen MR) is 128 cm³/mol. The number of nitrogens with two attached hydrogens (primary N) is 1. The van der Waals surface area contributed by atoms with Gasteiger partial charge in [-0.3, -0.25) is 9.48 Å². The van der Waals surface area contributed by atoms with Crippen LogP contribution in [0.1, 0.15) is 46.7 Å². The quantitative estimate of drug-likeness (QED) is 0.398. The number of aromatic nitrogens is 4. The molecule has 0 bridgehead atoms. The molecule has 3 aromatic rings. The van der Waals surface area contributed by atoms with Gasteiger partial charge in [0, 0.05) is 43.4 Å². The summed E-state index contributed by atoms with van der Waals surface area (Å²) in [6.07, 6.45) is -1.82. The van der Waals surface area contributed by atoms with Crippen molar-refractivity contribution in [2.24, 2.45) is 12.8 Å². The van der Waals surface area contributed by atoms with E-state index < -0.39 is 39.5 Å². The maximum atomic E-state index is 13.7. The Labute approximate surface area is 214 Å². The average molecular weight is 560 g/mol. The number of primary amides is 1. The molecule has 0 aromatic carbocycles. The average Bonchev–Trinajstić information content (AvgIpc) is 3.46. The van der Waals surface area contributed by atoms with E-state index in [1.165, 1.54) is 34.4 Å². The summed E-state index contributed by atoms with van der Waals surface area (Å²) in [6, 6.07) is 0.889. The van der Waals surface area contributed by atoms with Crippen LogP contribution in [0.25, 0.3) is 10.6 Å². The molecule has 0 saturated carbocycles. The van der Waals surface area contributed by atoms with Crippen LogP contribution in [-0.2, 0) is 23.2 Å². The van der Waals surface area contributed by atoms with Gasteiger partial charge in [0.1, 0.15) is 10.5 Å². The Morgan fingerprint density at radius 3 is 2.49 bits per heavy atom. The van der Waals surface area contributed by atoms with Crippen molar-refractivity contribution in [1.82, 2.24) is 24.1 Å². The lowest BCUT2D eigenvalue weighted by Gasteiger charge is -2.31. The number of hydrogen-bond donors (Lipinski definition) is 3. The minimum Gasteiger partial charge on any atom is -0.388 e. The van der Waals surface area contributed by atoms with Crippen molar-refractivity contribution in [3.05, 3.63) is 40.7 Å². The molecule has 1 aliphatic heterocycles. The minimum absolute atomic E-state index is 0.000131. The number of carbonyl (C=O) groups is 1. The van der Waals surface area contributed by atoms with Gasteiger partial charge in [-0.05, 0) is 25.8 Å². The molecule has 0 spiro atoms. The fourth-order valence-corrected chi connectivity index (χ4v) is 6.54. The van der Waals surface area contributed by atoms with Gasteiger partial charge < -0.3 is 16.2 Å². The van der Waals surface area contributed by atoms with E-state index in [4.69, 9.17) is 5.73 Å². The zero-order chi connectivity index (χ0) is 27.1. The van der Waals surface area contributed by atoms with Crippen LogP contribution >= 0.6 is 11.3 Å². The molecule has 16 heteroatoms. The standard InChI is InChI=1S/C21H24F3N7O4S2/c1-11(32)18-14(19(25)33)7-16(36-18)17-15(21(22,23)24)9-26-20(29-17)28-12-3-5-31(6-4-12)37(34,35)13-8-27-30(2)10-13/h7-12,32H,3-6H2,1-2H3,(H2,25,33)(H,26,28,29). The largest absolute Gasteiger partial charge is 0.420 e. The third-order valence-corrected chi connectivity index (χ3v) is 9.00. The fourth-order valence-electron chi connectivity index (χ4n) is 3.98. The van der Waals surface area contributed by atoms with Gasteiger partial charge in [0.15, 0.2) is 0 Å². The molecule has 4 rings (SSSR count). The van der Waals surface area contributed by atoms with Crippen molar-refractivity contribution in [2.45, 2.75) is 43.0 Å². The van der Waals surface area contributed by atoms with Crippen LogP contribution in [-0.4, -0.2) is 62.6 Å². The zero-order valence-corrected chi connectivity index (χ0v) is 21.4. The van der Waals surface area contributed by atoms with Gasteiger partial charge >= 0.3 is 6.18 Å². The van der Waals surface area contributed by atoms with Crippen LogP contribution in [0.5, 0.6) is 0 Å². The minimum atomic E-state index is -4.78. The Morgan fingerprint density at radius 1 is 1.30 bits per heavy atom. The highest BCUT2D eigenvalue weighted by atomic mass is 32.2. The molecule has 1 aliphatic rings. The molecule has 1 amide bonds. The summed E-state index contributed by atoms with van der Waals surface area (Å²) in [5.74, 6) is -0.962. The first-order valence-electron chi connectivity index (χ1n) is 11.1. The highest BCUT2D eigenvalue weighted by Crippen LogP contribution is 2.41. The van der Waals surface area contributed by atoms with E-state index in [1.807, 2.05) is 0 Å². The molecule has 11 nitrogen and oxygen atoms in total. The van der Waals surface area contributed by atoms with E-state index in [0.29, 0.717) is 19.0 Å². The van der Waals surface area contributed by atoms with Gasteiger partial charge in [-0.15, -0.1) is 11.3 Å². The summed E-state index contributed by atoms with van der Waals surface area (Å²) in [4.78, 5) is 19.9. The summed E-state index contributed by atoms with van der Waals surface area (Å²) in [6.45, 7) is 1.75. The Bertz CT molecular complexity index is 1410. The molecule has 1 fully saturated rings. The van der Waals surface area contributed by atoms with Crippen LogP contribution in [0.4, 0.5) is 19.1 Å². The number of aliphatic hydroxyl groups excluding tert-OH is 1. The predicted octanol–water partition coefficient (Wildman–Crippen LogP) is 2.37. The first kappa shape index (κ1) is 27.0. The summed E-state index contributed by atoms with van der Waals surface area (Å²) < 4.78 is 69.5. The van der Waals surface area contributed by atoms with Crippen molar-refractivity contribution in [3.8, 4) is 10.6 Å². The maximum absolute atomic E-state index is 13.7. The highest BCUT2D eigenvalue weighted by Gasteiger charge is 2.37. The number of hydrogen-bond acceptors (Lipinski definition) is 9. The van der Waals surface area contributed by atoms with Crippen molar-refractivity contribution < 1.29 is 31.5 Å². The third-order valence-electron chi connectivity index (χ3n) is 5.84. The number of aliphatic hydroxyl groups is 1. The molecular formula is C21H24F3N7O4S2. The van der Waals surface area contributed by atoms with Crippen molar-refractivity contribution in [3.63, 3.8) is 0 Å². The number of aryl methyl sites for hydroxylation is 1. The molecule has 0 radical (unpaired) electrons. The van der Waals surface area contributed by atoms with E-state index in [1.54, 1.807) is 7.05 Å². The number of nitrogens with zero attached hydrogens (tertiary/aromatic N) is 5. The van der Waals surface area contributed by atoms with Gasteiger partial charge in [-0.25, -0.2) is 18.4 Å². The van der Waals surface area contributed by atoms with Gasteiger partial charge in [0.2, 0.25) is 21.9 Å². The normalized spacial score (nSPS) is 16.6. The van der Waals surface area contributed by atoms with Gasteiger partial charge in [0.25, 0.3) is 0 Å². The molecule has 4 heterocycles. The molecule has 0 aliphatic carbocycles. The number of halogens is 3. The molecule has 37 heavy (non-hydrogen) atoms. The highest BCUT2D eigenvalue weighted by molar-refractivity contribution is 7.89. The molecule has 1 atom stereocenters. The fraction of sp³-hybridized carbons (Fsp3) is 0.429.